The minimum atomic E-state index is -1.18. The van der Waals surface area contributed by atoms with E-state index in [2.05, 4.69) is 0 Å². The van der Waals surface area contributed by atoms with E-state index >= 15 is 0 Å². The number of benzene rings is 2. The molecule has 4 rings (SSSR count). The van der Waals surface area contributed by atoms with Crippen molar-refractivity contribution in [3.05, 3.63) is 70.7 Å². The summed E-state index contributed by atoms with van der Waals surface area (Å²) in [5.74, 6) is -1.64. The molecule has 0 spiro atoms. The highest BCUT2D eigenvalue weighted by Crippen LogP contribution is 2.65. The number of para-hydroxylation sites is 1. The molecule has 0 aliphatic carbocycles. The lowest BCUT2D eigenvalue weighted by molar-refractivity contribution is 0.0695. The minimum absolute atomic E-state index is 0.115. The van der Waals surface area contributed by atoms with Crippen molar-refractivity contribution < 1.29 is 19.4 Å². The lowest BCUT2D eigenvalue weighted by Crippen LogP contribution is -2.15. The van der Waals surface area contributed by atoms with E-state index in [0.29, 0.717) is 25.2 Å². The maximum atomic E-state index is 13.4. The summed E-state index contributed by atoms with van der Waals surface area (Å²) in [6.45, 7) is 4.05. The molecule has 2 heterocycles. The first-order valence-corrected chi connectivity index (χ1v) is 9.96. The van der Waals surface area contributed by atoms with Crippen LogP contribution in [-0.4, -0.2) is 27.3 Å². The molecule has 0 amide bonds. The van der Waals surface area contributed by atoms with Gasteiger partial charge in [-0.15, -0.1) is 8.58 Å². The van der Waals surface area contributed by atoms with Crippen LogP contribution in [0.4, 0.5) is 4.39 Å². The molecule has 0 radical (unpaired) electrons. The number of aromatic nitrogens is 1. The first-order chi connectivity index (χ1) is 12.8. The van der Waals surface area contributed by atoms with Crippen molar-refractivity contribution in [3.63, 3.8) is 0 Å². The van der Waals surface area contributed by atoms with Gasteiger partial charge in [0.15, 0.2) is 5.75 Å². The van der Waals surface area contributed by atoms with Gasteiger partial charge in [0.25, 0.3) is 0 Å². The molecule has 3 aromatic rings. The van der Waals surface area contributed by atoms with Gasteiger partial charge >= 0.3 is 5.97 Å². The molecule has 1 fully saturated rings. The van der Waals surface area contributed by atoms with Crippen LogP contribution >= 0.6 is 8.58 Å². The zero-order valence-electron chi connectivity index (χ0n) is 15.0. The minimum Gasteiger partial charge on any atom is -0.505 e. The van der Waals surface area contributed by atoms with E-state index < -0.39 is 11.1 Å². The Bertz CT molecular complexity index is 1060. The number of pyridine rings is 1. The van der Waals surface area contributed by atoms with Crippen LogP contribution in [0.15, 0.2) is 42.5 Å². The van der Waals surface area contributed by atoms with Crippen molar-refractivity contribution >= 4 is 25.5 Å². The molecular formula is C21H19FNO3P. The van der Waals surface area contributed by atoms with Crippen LogP contribution in [0.25, 0.3) is 10.9 Å². The normalized spacial score (nSPS) is 19.7. The molecule has 138 valence electrons. The average Bonchev–Trinajstić information content (AvgIpc) is 3.42. The number of rotatable bonds is 4. The number of fused-ring (bicyclic) bond motifs is 1. The Morgan fingerprint density at radius 2 is 1.89 bits per heavy atom. The molecule has 1 aromatic heterocycles. The Kier molecular flexibility index (Phi) is 4.15. The van der Waals surface area contributed by atoms with Crippen molar-refractivity contribution in [1.82, 2.24) is 4.98 Å². The summed E-state index contributed by atoms with van der Waals surface area (Å²) < 4.78 is 13.4. The average molecular weight is 383 g/mol. The van der Waals surface area contributed by atoms with Crippen molar-refractivity contribution in [1.29, 1.82) is 0 Å². The Balaban J connectivity index is 2.04. The Morgan fingerprint density at radius 1 is 1.22 bits per heavy atom. The lowest BCUT2D eigenvalue weighted by Gasteiger charge is -2.20. The van der Waals surface area contributed by atoms with E-state index in [0.717, 1.165) is 17.3 Å². The van der Waals surface area contributed by atoms with Gasteiger partial charge in [0.2, 0.25) is 0 Å². The fourth-order valence-corrected chi connectivity index (χ4v) is 4.87. The van der Waals surface area contributed by atoms with Crippen LogP contribution in [0.2, 0.25) is 0 Å². The third-order valence-electron chi connectivity index (χ3n) is 5.13. The number of aromatic hydroxyl groups is 1. The molecule has 2 aromatic carbocycles. The number of carboxylic acids is 1. The largest absolute Gasteiger partial charge is 0.505 e. The van der Waals surface area contributed by atoms with Crippen LogP contribution in [0.3, 0.4) is 0 Å². The molecular weight excluding hydrogens is 364 g/mol. The van der Waals surface area contributed by atoms with Crippen molar-refractivity contribution in [2.45, 2.75) is 24.9 Å². The summed E-state index contributed by atoms with van der Waals surface area (Å²) in [7, 11) is 0.457. The number of carbonyl (C=O) groups is 1. The van der Waals surface area contributed by atoms with Gasteiger partial charge in [-0.25, -0.2) is 14.2 Å². The van der Waals surface area contributed by atoms with Gasteiger partial charge in [-0.05, 0) is 35.3 Å². The van der Waals surface area contributed by atoms with Crippen LogP contribution in [0.1, 0.15) is 46.9 Å². The van der Waals surface area contributed by atoms with Crippen molar-refractivity contribution in [2.24, 2.45) is 0 Å². The predicted molar refractivity (Wildman–Crippen MR) is 105 cm³/mol. The second-order valence-corrected chi connectivity index (χ2v) is 8.71. The molecule has 0 saturated carbocycles. The molecule has 27 heavy (non-hydrogen) atoms. The predicted octanol–water partition coefficient (Wildman–Crippen LogP) is 4.84. The first kappa shape index (κ1) is 17.9. The fraction of sp³-hybridized carbons (Fsp3) is 0.238. The lowest BCUT2D eigenvalue weighted by atomic mass is 9.91. The summed E-state index contributed by atoms with van der Waals surface area (Å²) in [5, 5.41) is 20.5. The maximum Gasteiger partial charge on any atom is 0.340 e. The molecule has 1 aliphatic rings. The van der Waals surface area contributed by atoms with Gasteiger partial charge in [0.1, 0.15) is 11.4 Å². The molecule has 2 unspecified atom stereocenters. The molecule has 0 bridgehead atoms. The monoisotopic (exact) mass is 383 g/mol. The van der Waals surface area contributed by atoms with Crippen LogP contribution < -0.4 is 0 Å². The second-order valence-electron chi connectivity index (χ2n) is 7.15. The quantitative estimate of drug-likeness (QED) is 0.633. The van der Waals surface area contributed by atoms with Crippen LogP contribution in [0.5, 0.6) is 5.75 Å². The summed E-state index contributed by atoms with van der Waals surface area (Å²) in [5.41, 5.74) is 2.66. The van der Waals surface area contributed by atoms with Crippen LogP contribution in [0, 0.1) is 5.82 Å². The molecule has 6 heteroatoms. The van der Waals surface area contributed by atoms with Gasteiger partial charge in [0.05, 0.1) is 16.4 Å². The molecule has 1 aliphatic heterocycles. The van der Waals surface area contributed by atoms with E-state index in [1.807, 2.05) is 19.9 Å². The van der Waals surface area contributed by atoms with Gasteiger partial charge in [-0.1, -0.05) is 44.2 Å². The molecule has 4 nitrogen and oxygen atoms in total. The third kappa shape index (κ3) is 2.78. The highest BCUT2D eigenvalue weighted by atomic mass is 31.1. The summed E-state index contributed by atoms with van der Waals surface area (Å²) in [4.78, 5) is 16.7. The van der Waals surface area contributed by atoms with E-state index in [9.17, 15) is 19.4 Å². The number of nitrogens with zero attached hydrogens (tertiary/aromatic N) is 1. The van der Waals surface area contributed by atoms with Gasteiger partial charge in [-0.2, -0.15) is 0 Å². The Hall–Kier alpha value is -2.52. The SMILES string of the molecule is CC(C)c1cccc2c(C(=O)O)c(O)c(C3(c4ccc(F)cc4)CP3)nc12. The zero-order chi connectivity index (χ0) is 19.3. The van der Waals surface area contributed by atoms with Crippen LogP contribution in [-0.2, 0) is 5.16 Å². The number of hydrogen-bond donors (Lipinski definition) is 2. The zero-order valence-corrected chi connectivity index (χ0v) is 16.0. The van der Waals surface area contributed by atoms with Crippen molar-refractivity contribution in [2.75, 3.05) is 6.16 Å². The standard InChI is InChI=1S/C21H19FNO3P/c1-11(2)14-4-3-5-15-16(20(25)26)18(24)19(23-17(14)15)21(10-27-21)12-6-8-13(22)9-7-12/h3-9,11,24,27H,10H2,1-2H3,(H,25,26). The number of aromatic carboxylic acids is 1. The smallest absolute Gasteiger partial charge is 0.340 e. The highest BCUT2D eigenvalue weighted by Gasteiger charge is 2.50. The number of carboxylic acid groups (broad SMARTS) is 1. The summed E-state index contributed by atoms with van der Waals surface area (Å²) in [6.07, 6.45) is 0.758. The van der Waals surface area contributed by atoms with E-state index in [4.69, 9.17) is 4.98 Å². The molecule has 1 saturated heterocycles. The Labute approximate surface area is 157 Å². The Morgan fingerprint density at radius 3 is 2.44 bits per heavy atom. The van der Waals surface area contributed by atoms with Gasteiger partial charge in [-0.3, -0.25) is 0 Å². The number of hydrogen-bond acceptors (Lipinski definition) is 3. The van der Waals surface area contributed by atoms with E-state index in [-0.39, 0.29) is 23.0 Å². The maximum absolute atomic E-state index is 13.4. The third-order valence-corrected chi connectivity index (χ3v) is 6.71. The van der Waals surface area contributed by atoms with E-state index in [1.165, 1.54) is 12.1 Å². The number of halogens is 1. The second kappa shape index (κ2) is 6.28. The molecule has 2 atom stereocenters. The van der Waals surface area contributed by atoms with Crippen molar-refractivity contribution in [3.8, 4) is 5.75 Å². The topological polar surface area (TPSA) is 70.4 Å². The van der Waals surface area contributed by atoms with E-state index in [1.54, 1.807) is 24.3 Å². The fourth-order valence-electron chi connectivity index (χ4n) is 3.61. The van der Waals surface area contributed by atoms with Gasteiger partial charge in [0, 0.05) is 5.39 Å². The molecule has 2 N–H and O–H groups in total. The summed E-state index contributed by atoms with van der Waals surface area (Å²) >= 11 is 0. The first-order valence-electron chi connectivity index (χ1n) is 8.75. The highest BCUT2D eigenvalue weighted by molar-refractivity contribution is 7.49. The summed E-state index contributed by atoms with van der Waals surface area (Å²) in [6, 6.07) is 11.6. The van der Waals surface area contributed by atoms with Gasteiger partial charge < -0.3 is 10.2 Å².